The van der Waals surface area contributed by atoms with Crippen molar-refractivity contribution >= 4 is 11.8 Å². The van der Waals surface area contributed by atoms with Crippen LogP contribution in [0.15, 0.2) is 18.3 Å². The highest BCUT2D eigenvalue weighted by Crippen LogP contribution is 2.22. The number of aromatic nitrogens is 1. The van der Waals surface area contributed by atoms with Gasteiger partial charge in [-0.1, -0.05) is 0 Å². The average Bonchev–Trinajstić information content (AvgIpc) is 2.86. The molecule has 18 heavy (non-hydrogen) atoms. The summed E-state index contributed by atoms with van der Waals surface area (Å²) in [6, 6.07) is 2.49. The molecule has 6 heteroatoms. The third kappa shape index (κ3) is 2.13. The van der Waals surface area contributed by atoms with Gasteiger partial charge in [0.05, 0.1) is 0 Å². The molecule has 1 fully saturated rings. The van der Waals surface area contributed by atoms with Gasteiger partial charge in [-0.2, -0.15) is 0 Å². The van der Waals surface area contributed by atoms with Crippen LogP contribution in [0.3, 0.4) is 0 Å². The molecule has 2 N–H and O–H groups in total. The normalized spacial score (nSPS) is 18.7. The number of carbonyl (C=O) groups is 2. The van der Waals surface area contributed by atoms with E-state index >= 15 is 0 Å². The summed E-state index contributed by atoms with van der Waals surface area (Å²) in [6.07, 6.45) is 2.86. The van der Waals surface area contributed by atoms with Gasteiger partial charge >= 0.3 is 0 Å². The van der Waals surface area contributed by atoms with E-state index in [2.05, 4.69) is 10.3 Å². The van der Waals surface area contributed by atoms with Crippen LogP contribution in [-0.2, 0) is 4.79 Å². The lowest BCUT2D eigenvalue weighted by Crippen LogP contribution is -2.45. The summed E-state index contributed by atoms with van der Waals surface area (Å²) in [5.41, 5.74) is -0.00620. The van der Waals surface area contributed by atoms with Crippen molar-refractivity contribution in [3.63, 3.8) is 0 Å². The molecule has 0 bridgehead atoms. The number of likely N-dealkylation sites (tertiary alicyclic amines) is 1. The Morgan fingerprint density at radius 1 is 1.56 bits per heavy atom. The maximum atomic E-state index is 12.2. The fourth-order valence-electron chi connectivity index (χ4n) is 2.15. The predicted octanol–water partition coefficient (Wildman–Crippen LogP) is 0.138. The summed E-state index contributed by atoms with van der Waals surface area (Å²) in [7, 11) is 1.54. The third-order valence-electron chi connectivity index (χ3n) is 3.05. The molecule has 96 valence electrons. The van der Waals surface area contributed by atoms with Crippen molar-refractivity contribution in [2.75, 3.05) is 13.6 Å². The lowest BCUT2D eigenvalue weighted by molar-refractivity contribution is -0.124. The number of nitrogens with zero attached hydrogens (tertiary/aromatic N) is 2. The first-order valence-corrected chi connectivity index (χ1v) is 5.81. The average molecular weight is 249 g/mol. The zero-order valence-electron chi connectivity index (χ0n) is 10.1. The van der Waals surface area contributed by atoms with Gasteiger partial charge in [-0.15, -0.1) is 0 Å². The topological polar surface area (TPSA) is 82.5 Å². The molecule has 1 aliphatic heterocycles. The Morgan fingerprint density at radius 2 is 2.33 bits per heavy atom. The molecule has 0 aromatic carbocycles. The van der Waals surface area contributed by atoms with Crippen LogP contribution in [-0.4, -0.2) is 46.4 Å². The molecule has 0 spiro atoms. The molecular formula is C12H15N3O3. The van der Waals surface area contributed by atoms with Crippen molar-refractivity contribution < 1.29 is 14.7 Å². The van der Waals surface area contributed by atoms with E-state index in [0.29, 0.717) is 13.0 Å². The molecule has 1 saturated heterocycles. The number of hydrogen-bond acceptors (Lipinski definition) is 4. The first-order valence-electron chi connectivity index (χ1n) is 5.81. The van der Waals surface area contributed by atoms with Gasteiger partial charge in [-0.25, -0.2) is 4.98 Å². The van der Waals surface area contributed by atoms with E-state index in [1.54, 1.807) is 13.1 Å². The minimum Gasteiger partial charge on any atom is -0.505 e. The molecule has 1 unspecified atom stereocenters. The van der Waals surface area contributed by atoms with Gasteiger partial charge in [0, 0.05) is 19.8 Å². The minimum atomic E-state index is -0.469. The van der Waals surface area contributed by atoms with Crippen molar-refractivity contribution in [2.24, 2.45) is 0 Å². The van der Waals surface area contributed by atoms with Crippen molar-refractivity contribution in [2.45, 2.75) is 18.9 Å². The highest BCUT2D eigenvalue weighted by Gasteiger charge is 2.35. The molecule has 0 radical (unpaired) electrons. The molecule has 2 amide bonds. The summed E-state index contributed by atoms with van der Waals surface area (Å²) in [5.74, 6) is -0.750. The van der Waals surface area contributed by atoms with Crippen molar-refractivity contribution in [3.8, 4) is 5.75 Å². The van der Waals surface area contributed by atoms with Crippen LogP contribution in [0, 0.1) is 0 Å². The van der Waals surface area contributed by atoms with Crippen LogP contribution in [0.1, 0.15) is 23.3 Å². The van der Waals surface area contributed by atoms with Crippen LogP contribution in [0.4, 0.5) is 0 Å². The number of likely N-dealkylation sites (N-methyl/N-ethyl adjacent to an activating group) is 1. The molecule has 0 aliphatic carbocycles. The second kappa shape index (κ2) is 5.03. The highest BCUT2D eigenvalue weighted by molar-refractivity contribution is 5.98. The van der Waals surface area contributed by atoms with Gasteiger partial charge in [0.25, 0.3) is 5.91 Å². The molecular weight excluding hydrogens is 234 g/mol. The number of amides is 2. The lowest BCUT2D eigenvalue weighted by Gasteiger charge is -2.23. The van der Waals surface area contributed by atoms with Crippen molar-refractivity contribution in [1.82, 2.24) is 15.2 Å². The predicted molar refractivity (Wildman–Crippen MR) is 64.0 cm³/mol. The van der Waals surface area contributed by atoms with Gasteiger partial charge in [0.2, 0.25) is 5.91 Å². The SMILES string of the molecule is CNC(=O)C1CCCN1C(=O)c1ncccc1O. The van der Waals surface area contributed by atoms with Gasteiger partial charge in [-0.05, 0) is 25.0 Å². The summed E-state index contributed by atoms with van der Waals surface area (Å²) < 4.78 is 0. The second-order valence-electron chi connectivity index (χ2n) is 4.14. The first kappa shape index (κ1) is 12.3. The van der Waals surface area contributed by atoms with E-state index < -0.39 is 11.9 Å². The standard InChI is InChI=1S/C12H15N3O3/c1-13-11(17)8-4-3-7-15(8)12(18)10-9(16)5-2-6-14-10/h2,5-6,8,16H,3-4,7H2,1H3,(H,13,17). The molecule has 1 aromatic heterocycles. The van der Waals surface area contributed by atoms with E-state index in [1.165, 1.54) is 17.2 Å². The van der Waals surface area contributed by atoms with Gasteiger partial charge in [0.15, 0.2) is 5.69 Å². The fraction of sp³-hybridized carbons (Fsp3) is 0.417. The molecule has 1 atom stereocenters. The minimum absolute atomic E-state index is 0.00620. The summed E-state index contributed by atoms with van der Waals surface area (Å²) >= 11 is 0. The molecule has 2 heterocycles. The quantitative estimate of drug-likeness (QED) is 0.781. The van der Waals surface area contributed by atoms with Gasteiger partial charge in [-0.3, -0.25) is 9.59 Å². The van der Waals surface area contributed by atoms with Crippen LogP contribution in [0.2, 0.25) is 0 Å². The number of rotatable bonds is 2. The fourth-order valence-corrected chi connectivity index (χ4v) is 2.15. The van der Waals surface area contributed by atoms with E-state index in [0.717, 1.165) is 6.42 Å². The molecule has 2 rings (SSSR count). The van der Waals surface area contributed by atoms with Crippen LogP contribution < -0.4 is 5.32 Å². The number of hydrogen-bond donors (Lipinski definition) is 2. The largest absolute Gasteiger partial charge is 0.505 e. The Morgan fingerprint density at radius 3 is 3.00 bits per heavy atom. The summed E-state index contributed by atoms with van der Waals surface area (Å²) in [4.78, 5) is 29.2. The number of nitrogens with one attached hydrogen (secondary N) is 1. The first-order chi connectivity index (χ1) is 8.65. The molecule has 6 nitrogen and oxygen atoms in total. The maximum absolute atomic E-state index is 12.2. The van der Waals surface area contributed by atoms with Crippen molar-refractivity contribution in [3.05, 3.63) is 24.0 Å². The zero-order valence-corrected chi connectivity index (χ0v) is 10.1. The monoisotopic (exact) mass is 249 g/mol. The lowest BCUT2D eigenvalue weighted by atomic mass is 10.2. The van der Waals surface area contributed by atoms with Gasteiger partial charge < -0.3 is 15.3 Å². The Hall–Kier alpha value is -2.11. The molecule has 1 aliphatic rings. The Kier molecular flexibility index (Phi) is 3.45. The van der Waals surface area contributed by atoms with E-state index in [9.17, 15) is 14.7 Å². The number of aromatic hydroxyl groups is 1. The van der Waals surface area contributed by atoms with Crippen molar-refractivity contribution in [1.29, 1.82) is 0 Å². The van der Waals surface area contributed by atoms with Crippen LogP contribution in [0.5, 0.6) is 5.75 Å². The molecule has 1 aromatic rings. The molecule has 0 saturated carbocycles. The highest BCUT2D eigenvalue weighted by atomic mass is 16.3. The summed E-state index contributed by atoms with van der Waals surface area (Å²) in [6.45, 7) is 0.507. The van der Waals surface area contributed by atoms with Crippen LogP contribution in [0.25, 0.3) is 0 Å². The van der Waals surface area contributed by atoms with E-state index in [-0.39, 0.29) is 17.4 Å². The zero-order chi connectivity index (χ0) is 13.1. The van der Waals surface area contributed by atoms with E-state index in [4.69, 9.17) is 0 Å². The number of carbonyl (C=O) groups excluding carboxylic acids is 2. The Balaban J connectivity index is 2.23. The third-order valence-corrected chi connectivity index (χ3v) is 3.05. The maximum Gasteiger partial charge on any atom is 0.276 e. The van der Waals surface area contributed by atoms with Crippen LogP contribution >= 0.6 is 0 Å². The second-order valence-corrected chi connectivity index (χ2v) is 4.14. The summed E-state index contributed by atoms with van der Waals surface area (Å²) in [5, 5.41) is 12.2. The Bertz CT molecular complexity index is 475. The Labute approximate surface area is 105 Å². The smallest absolute Gasteiger partial charge is 0.276 e. The van der Waals surface area contributed by atoms with Gasteiger partial charge in [0.1, 0.15) is 11.8 Å². The number of pyridine rings is 1. The van der Waals surface area contributed by atoms with E-state index in [1.807, 2.05) is 0 Å².